The SMILES string of the molecule is C#CCCCOc1ccccc1C(N)=O. The molecule has 0 unspecified atom stereocenters. The van der Waals surface area contributed by atoms with Crippen LogP contribution in [0.25, 0.3) is 0 Å². The molecular formula is C12H13NO2. The lowest BCUT2D eigenvalue weighted by atomic mass is 10.2. The summed E-state index contributed by atoms with van der Waals surface area (Å²) in [5, 5.41) is 0. The van der Waals surface area contributed by atoms with Crippen LogP contribution in [-0.4, -0.2) is 12.5 Å². The van der Waals surface area contributed by atoms with Gasteiger partial charge in [0.1, 0.15) is 5.75 Å². The van der Waals surface area contributed by atoms with Crippen LogP contribution in [0.4, 0.5) is 0 Å². The Kier molecular flexibility index (Phi) is 4.24. The number of amides is 1. The van der Waals surface area contributed by atoms with E-state index < -0.39 is 5.91 Å². The highest BCUT2D eigenvalue weighted by molar-refractivity contribution is 5.95. The summed E-state index contributed by atoms with van der Waals surface area (Å²) in [6, 6.07) is 6.90. The van der Waals surface area contributed by atoms with Gasteiger partial charge in [-0.2, -0.15) is 0 Å². The Labute approximate surface area is 89.2 Å². The maximum atomic E-state index is 11.0. The van der Waals surface area contributed by atoms with E-state index in [1.807, 2.05) is 0 Å². The van der Waals surface area contributed by atoms with Crippen molar-refractivity contribution < 1.29 is 9.53 Å². The van der Waals surface area contributed by atoms with Gasteiger partial charge in [0.25, 0.3) is 5.91 Å². The molecule has 1 aromatic rings. The summed E-state index contributed by atoms with van der Waals surface area (Å²) < 4.78 is 5.40. The van der Waals surface area contributed by atoms with Crippen LogP contribution in [0.1, 0.15) is 23.2 Å². The number of carbonyl (C=O) groups is 1. The Morgan fingerprint density at radius 2 is 2.20 bits per heavy atom. The Hall–Kier alpha value is -1.95. The summed E-state index contributed by atoms with van der Waals surface area (Å²) in [5.74, 6) is 2.55. The predicted molar refractivity (Wildman–Crippen MR) is 58.5 cm³/mol. The first-order chi connectivity index (χ1) is 7.25. The lowest BCUT2D eigenvalue weighted by Gasteiger charge is -2.07. The largest absolute Gasteiger partial charge is 0.493 e. The number of primary amides is 1. The second-order valence-corrected chi connectivity index (χ2v) is 3.02. The van der Waals surface area contributed by atoms with Crippen LogP contribution in [0.5, 0.6) is 5.75 Å². The first-order valence-corrected chi connectivity index (χ1v) is 4.71. The first-order valence-electron chi connectivity index (χ1n) is 4.71. The number of hydrogen-bond acceptors (Lipinski definition) is 2. The van der Waals surface area contributed by atoms with E-state index in [0.29, 0.717) is 24.3 Å². The highest BCUT2D eigenvalue weighted by Gasteiger charge is 2.07. The molecule has 15 heavy (non-hydrogen) atoms. The zero-order valence-corrected chi connectivity index (χ0v) is 8.40. The Morgan fingerprint density at radius 1 is 1.47 bits per heavy atom. The molecular weight excluding hydrogens is 190 g/mol. The molecule has 0 aromatic heterocycles. The standard InChI is InChI=1S/C12H13NO2/c1-2-3-6-9-15-11-8-5-4-7-10(11)12(13)14/h1,4-5,7-8H,3,6,9H2,(H2,13,14). The van der Waals surface area contributed by atoms with Crippen molar-refractivity contribution in [1.29, 1.82) is 0 Å². The van der Waals surface area contributed by atoms with Gasteiger partial charge in [0.05, 0.1) is 12.2 Å². The molecule has 0 fully saturated rings. The van der Waals surface area contributed by atoms with Crippen LogP contribution in [0.3, 0.4) is 0 Å². The van der Waals surface area contributed by atoms with Crippen molar-refractivity contribution in [1.82, 2.24) is 0 Å². The van der Waals surface area contributed by atoms with Crippen molar-refractivity contribution in [3.8, 4) is 18.1 Å². The number of ether oxygens (including phenoxy) is 1. The van der Waals surface area contributed by atoms with E-state index in [4.69, 9.17) is 16.9 Å². The summed E-state index contributed by atoms with van der Waals surface area (Å²) in [5.41, 5.74) is 5.59. The minimum Gasteiger partial charge on any atom is -0.493 e. The van der Waals surface area contributed by atoms with E-state index in [9.17, 15) is 4.79 Å². The van der Waals surface area contributed by atoms with Gasteiger partial charge in [-0.15, -0.1) is 12.3 Å². The lowest BCUT2D eigenvalue weighted by molar-refractivity contribution is 0.0996. The van der Waals surface area contributed by atoms with Gasteiger partial charge >= 0.3 is 0 Å². The van der Waals surface area contributed by atoms with Gasteiger partial charge in [-0.1, -0.05) is 12.1 Å². The minimum absolute atomic E-state index is 0.401. The quantitative estimate of drug-likeness (QED) is 0.583. The van der Waals surface area contributed by atoms with Gasteiger partial charge in [0, 0.05) is 6.42 Å². The van der Waals surface area contributed by atoms with Crippen LogP contribution >= 0.6 is 0 Å². The Bertz CT molecular complexity index is 379. The van der Waals surface area contributed by atoms with Gasteiger partial charge < -0.3 is 10.5 Å². The Balaban J connectivity index is 2.60. The summed E-state index contributed by atoms with van der Waals surface area (Å²) >= 11 is 0. The van der Waals surface area contributed by atoms with Gasteiger partial charge in [-0.05, 0) is 18.6 Å². The molecule has 1 aromatic carbocycles. The zero-order chi connectivity index (χ0) is 11.1. The van der Waals surface area contributed by atoms with Crippen LogP contribution in [0.2, 0.25) is 0 Å². The molecule has 0 aliphatic carbocycles. The zero-order valence-electron chi connectivity index (χ0n) is 8.40. The first kappa shape index (κ1) is 11.1. The topological polar surface area (TPSA) is 52.3 Å². The fraction of sp³-hybridized carbons (Fsp3) is 0.250. The summed E-state index contributed by atoms with van der Waals surface area (Å²) in [4.78, 5) is 11.0. The number of terminal acetylenes is 1. The third-order valence-corrected chi connectivity index (χ3v) is 1.88. The molecule has 0 aliphatic heterocycles. The van der Waals surface area contributed by atoms with Gasteiger partial charge in [-0.3, -0.25) is 4.79 Å². The average molecular weight is 203 g/mol. The molecule has 0 atom stereocenters. The van der Waals surface area contributed by atoms with Crippen LogP contribution < -0.4 is 10.5 Å². The van der Waals surface area contributed by atoms with Crippen LogP contribution in [0, 0.1) is 12.3 Å². The van der Waals surface area contributed by atoms with E-state index >= 15 is 0 Å². The summed E-state index contributed by atoms with van der Waals surface area (Å²) in [7, 11) is 0. The summed E-state index contributed by atoms with van der Waals surface area (Å²) in [6.07, 6.45) is 6.54. The molecule has 3 nitrogen and oxygen atoms in total. The Morgan fingerprint density at radius 3 is 2.87 bits per heavy atom. The van der Waals surface area contributed by atoms with E-state index in [1.165, 1.54) is 0 Å². The monoisotopic (exact) mass is 203 g/mol. The van der Waals surface area contributed by atoms with E-state index in [1.54, 1.807) is 24.3 Å². The molecule has 0 heterocycles. The molecule has 0 bridgehead atoms. The number of benzene rings is 1. The molecule has 78 valence electrons. The fourth-order valence-corrected chi connectivity index (χ4v) is 1.15. The third-order valence-electron chi connectivity index (χ3n) is 1.88. The molecule has 3 heteroatoms. The summed E-state index contributed by atoms with van der Waals surface area (Å²) in [6.45, 7) is 0.495. The molecule has 0 radical (unpaired) electrons. The van der Waals surface area contributed by atoms with E-state index in [-0.39, 0.29) is 0 Å². The number of hydrogen-bond donors (Lipinski definition) is 1. The van der Waals surface area contributed by atoms with Gasteiger partial charge in [0.2, 0.25) is 0 Å². The maximum absolute atomic E-state index is 11.0. The highest BCUT2D eigenvalue weighted by Crippen LogP contribution is 2.17. The minimum atomic E-state index is -0.484. The third kappa shape index (κ3) is 3.35. The smallest absolute Gasteiger partial charge is 0.252 e. The second kappa shape index (κ2) is 5.71. The van der Waals surface area contributed by atoms with Crippen molar-refractivity contribution in [3.63, 3.8) is 0 Å². The number of rotatable bonds is 5. The van der Waals surface area contributed by atoms with E-state index in [0.717, 1.165) is 6.42 Å². The van der Waals surface area contributed by atoms with E-state index in [2.05, 4.69) is 5.92 Å². The van der Waals surface area contributed by atoms with Crippen LogP contribution in [0.15, 0.2) is 24.3 Å². The van der Waals surface area contributed by atoms with Crippen molar-refractivity contribution in [3.05, 3.63) is 29.8 Å². The second-order valence-electron chi connectivity index (χ2n) is 3.02. The highest BCUT2D eigenvalue weighted by atomic mass is 16.5. The molecule has 0 saturated heterocycles. The maximum Gasteiger partial charge on any atom is 0.252 e. The number of carbonyl (C=O) groups excluding carboxylic acids is 1. The molecule has 1 amide bonds. The van der Waals surface area contributed by atoms with Gasteiger partial charge in [0.15, 0.2) is 0 Å². The molecule has 0 aliphatic rings. The molecule has 0 saturated carbocycles. The average Bonchev–Trinajstić information content (AvgIpc) is 2.25. The number of unbranched alkanes of at least 4 members (excludes halogenated alkanes) is 1. The predicted octanol–water partition coefficient (Wildman–Crippen LogP) is 1.58. The van der Waals surface area contributed by atoms with Crippen molar-refractivity contribution in [2.45, 2.75) is 12.8 Å². The normalized spacial score (nSPS) is 9.27. The van der Waals surface area contributed by atoms with Gasteiger partial charge in [-0.25, -0.2) is 0 Å². The van der Waals surface area contributed by atoms with Crippen molar-refractivity contribution >= 4 is 5.91 Å². The number of para-hydroxylation sites is 1. The molecule has 2 N–H and O–H groups in total. The van der Waals surface area contributed by atoms with Crippen LogP contribution in [-0.2, 0) is 0 Å². The molecule has 0 spiro atoms. The van der Waals surface area contributed by atoms with Crippen molar-refractivity contribution in [2.75, 3.05) is 6.61 Å². The fourth-order valence-electron chi connectivity index (χ4n) is 1.15. The molecule has 1 rings (SSSR count). The lowest BCUT2D eigenvalue weighted by Crippen LogP contribution is -2.13. The number of nitrogens with two attached hydrogens (primary N) is 1. The van der Waals surface area contributed by atoms with Crippen molar-refractivity contribution in [2.24, 2.45) is 5.73 Å².